The van der Waals surface area contributed by atoms with E-state index in [1.54, 1.807) is 0 Å². The van der Waals surface area contributed by atoms with Gasteiger partial charge < -0.3 is 19.9 Å². The van der Waals surface area contributed by atoms with Crippen molar-refractivity contribution in [3.63, 3.8) is 0 Å². The van der Waals surface area contributed by atoms with E-state index in [0.717, 1.165) is 43.8 Å². The van der Waals surface area contributed by atoms with Gasteiger partial charge in [-0.3, -0.25) is 14.5 Å². The van der Waals surface area contributed by atoms with Crippen molar-refractivity contribution in [1.82, 2.24) is 14.8 Å². The highest BCUT2D eigenvalue weighted by Crippen LogP contribution is 2.25. The summed E-state index contributed by atoms with van der Waals surface area (Å²) in [7, 11) is 1.93. The van der Waals surface area contributed by atoms with Gasteiger partial charge in [0.05, 0.1) is 6.04 Å². The minimum atomic E-state index is -4.80. The average molecular weight is 424 g/mol. The van der Waals surface area contributed by atoms with Crippen LogP contribution in [-0.2, 0) is 16.6 Å². The first-order chi connectivity index (χ1) is 14.2. The minimum absolute atomic E-state index is 0.0527. The molecule has 30 heavy (non-hydrogen) atoms. The van der Waals surface area contributed by atoms with Gasteiger partial charge in [0, 0.05) is 31.2 Å². The number of aryl methyl sites for hydroxylation is 1. The molecule has 1 atom stereocenters. The fourth-order valence-corrected chi connectivity index (χ4v) is 3.49. The number of aromatic nitrogens is 1. The molecule has 1 saturated heterocycles. The second-order valence-electron chi connectivity index (χ2n) is 7.04. The number of amides is 2. The van der Waals surface area contributed by atoms with Crippen LogP contribution in [0, 0.1) is 0 Å². The Morgan fingerprint density at radius 1 is 1.10 bits per heavy atom. The van der Waals surface area contributed by atoms with Crippen LogP contribution < -0.4 is 15.4 Å². The lowest BCUT2D eigenvalue weighted by molar-refractivity contribution is -0.274. The van der Waals surface area contributed by atoms with Crippen LogP contribution in [0.1, 0.15) is 24.6 Å². The molecule has 1 aromatic heterocycles. The Hall–Kier alpha value is -3.01. The zero-order valence-corrected chi connectivity index (χ0v) is 16.4. The van der Waals surface area contributed by atoms with Crippen molar-refractivity contribution in [1.29, 1.82) is 0 Å². The number of anilines is 1. The van der Waals surface area contributed by atoms with Crippen LogP contribution in [0.4, 0.5) is 18.9 Å². The number of nitrogens with one attached hydrogen (secondary N) is 2. The summed E-state index contributed by atoms with van der Waals surface area (Å²) in [6.45, 7) is 2.11. The van der Waals surface area contributed by atoms with Crippen LogP contribution in [0.3, 0.4) is 0 Å². The van der Waals surface area contributed by atoms with Crippen LogP contribution in [0.15, 0.2) is 42.6 Å². The zero-order valence-electron chi connectivity index (χ0n) is 16.4. The monoisotopic (exact) mass is 424 g/mol. The third-order valence-electron chi connectivity index (χ3n) is 4.91. The van der Waals surface area contributed by atoms with E-state index >= 15 is 0 Å². The smallest absolute Gasteiger partial charge is 0.406 e. The van der Waals surface area contributed by atoms with Gasteiger partial charge in [-0.15, -0.1) is 13.2 Å². The van der Waals surface area contributed by atoms with Crippen molar-refractivity contribution >= 4 is 17.5 Å². The molecule has 0 spiro atoms. The number of ether oxygens (including phenoxy) is 1. The zero-order chi connectivity index (χ0) is 21.7. The minimum Gasteiger partial charge on any atom is -0.406 e. The van der Waals surface area contributed by atoms with Gasteiger partial charge in [-0.25, -0.2) is 0 Å². The molecule has 0 saturated carbocycles. The van der Waals surface area contributed by atoms with Crippen LogP contribution in [-0.4, -0.2) is 47.3 Å². The van der Waals surface area contributed by atoms with Crippen LogP contribution in [0.25, 0.3) is 0 Å². The molecule has 1 fully saturated rings. The molecule has 2 N–H and O–H groups in total. The van der Waals surface area contributed by atoms with Gasteiger partial charge in [0.25, 0.3) is 0 Å². The summed E-state index contributed by atoms with van der Waals surface area (Å²) in [5.41, 5.74) is 1.22. The van der Waals surface area contributed by atoms with Gasteiger partial charge in [0.1, 0.15) is 5.75 Å². The fraction of sp³-hybridized carbons (Fsp3) is 0.400. The quantitative estimate of drug-likeness (QED) is 0.700. The van der Waals surface area contributed by atoms with Gasteiger partial charge in [0.15, 0.2) is 0 Å². The van der Waals surface area contributed by atoms with Crippen molar-refractivity contribution in [2.24, 2.45) is 7.05 Å². The Labute approximate surface area is 171 Å². The molecule has 2 amide bonds. The Balaban J connectivity index is 1.56. The Morgan fingerprint density at radius 3 is 2.33 bits per heavy atom. The van der Waals surface area contributed by atoms with E-state index in [9.17, 15) is 22.8 Å². The second kappa shape index (κ2) is 9.21. The number of hydrogen-bond acceptors (Lipinski definition) is 4. The van der Waals surface area contributed by atoms with Gasteiger partial charge in [-0.05, 0) is 62.3 Å². The van der Waals surface area contributed by atoms with E-state index in [0.29, 0.717) is 0 Å². The first-order valence-corrected chi connectivity index (χ1v) is 9.53. The summed E-state index contributed by atoms with van der Waals surface area (Å²) >= 11 is 0. The molecule has 1 aliphatic heterocycles. The maximum absolute atomic E-state index is 12.3. The Bertz CT molecular complexity index is 874. The number of rotatable bonds is 6. The number of carbonyl (C=O) groups is 2. The molecule has 0 aliphatic carbocycles. The topological polar surface area (TPSA) is 75.6 Å². The summed E-state index contributed by atoms with van der Waals surface area (Å²) in [5.74, 6) is -2.13. The number of halogens is 3. The molecule has 1 aromatic carbocycles. The number of nitrogens with zero attached hydrogens (tertiary/aromatic N) is 2. The van der Waals surface area contributed by atoms with E-state index in [1.807, 2.05) is 29.9 Å². The maximum atomic E-state index is 12.3. The van der Waals surface area contributed by atoms with E-state index in [1.165, 1.54) is 12.1 Å². The van der Waals surface area contributed by atoms with E-state index in [4.69, 9.17) is 0 Å². The molecular weight excluding hydrogens is 401 g/mol. The van der Waals surface area contributed by atoms with Gasteiger partial charge in [0.2, 0.25) is 0 Å². The van der Waals surface area contributed by atoms with Crippen molar-refractivity contribution in [2.45, 2.75) is 25.2 Å². The molecule has 3 rings (SSSR count). The van der Waals surface area contributed by atoms with E-state index in [2.05, 4.69) is 20.3 Å². The van der Waals surface area contributed by atoms with Crippen molar-refractivity contribution in [2.75, 3.05) is 25.0 Å². The number of hydrogen-bond donors (Lipinski definition) is 2. The second-order valence-corrected chi connectivity index (χ2v) is 7.04. The predicted octanol–water partition coefficient (Wildman–Crippen LogP) is 2.82. The van der Waals surface area contributed by atoms with Crippen molar-refractivity contribution in [3.8, 4) is 5.75 Å². The average Bonchev–Trinajstić information content (AvgIpc) is 3.35. The normalized spacial score (nSPS) is 15.6. The molecule has 7 nitrogen and oxygen atoms in total. The van der Waals surface area contributed by atoms with Crippen molar-refractivity contribution < 1.29 is 27.5 Å². The molecule has 162 valence electrons. The molecule has 2 aromatic rings. The Kier molecular flexibility index (Phi) is 6.66. The number of benzene rings is 1. The van der Waals surface area contributed by atoms with E-state index < -0.39 is 23.9 Å². The van der Waals surface area contributed by atoms with Gasteiger partial charge in [-0.2, -0.15) is 0 Å². The SMILES string of the molecule is Cn1cccc1C(CNC(=O)C(=O)Nc1ccc(OC(F)(F)F)cc1)N1CCCC1. The first-order valence-electron chi connectivity index (χ1n) is 9.53. The van der Waals surface area contributed by atoms with Crippen LogP contribution in [0.2, 0.25) is 0 Å². The van der Waals surface area contributed by atoms with Crippen molar-refractivity contribution in [3.05, 3.63) is 48.3 Å². The highest BCUT2D eigenvalue weighted by molar-refractivity contribution is 6.39. The highest BCUT2D eigenvalue weighted by Gasteiger charge is 2.31. The fourth-order valence-electron chi connectivity index (χ4n) is 3.49. The lowest BCUT2D eigenvalue weighted by Crippen LogP contribution is -2.41. The largest absolute Gasteiger partial charge is 0.573 e. The van der Waals surface area contributed by atoms with Crippen LogP contribution >= 0.6 is 0 Å². The molecular formula is C20H23F3N4O3. The highest BCUT2D eigenvalue weighted by atomic mass is 19.4. The van der Waals surface area contributed by atoms with Gasteiger partial charge >= 0.3 is 18.2 Å². The molecule has 10 heteroatoms. The third kappa shape index (κ3) is 5.76. The summed E-state index contributed by atoms with van der Waals surface area (Å²) in [5, 5.41) is 5.02. The standard InChI is InChI=1S/C20H23F3N4O3/c1-26-10-4-5-16(26)17(27-11-2-3-12-27)13-24-18(28)19(29)25-14-6-8-15(9-7-14)30-20(21,22)23/h4-10,17H,2-3,11-13H2,1H3,(H,24,28)(H,25,29). The Morgan fingerprint density at radius 2 is 1.77 bits per heavy atom. The molecule has 1 aliphatic rings. The maximum Gasteiger partial charge on any atom is 0.573 e. The number of alkyl halides is 3. The van der Waals surface area contributed by atoms with E-state index in [-0.39, 0.29) is 18.3 Å². The first kappa shape index (κ1) is 21.7. The predicted molar refractivity (Wildman–Crippen MR) is 104 cm³/mol. The lowest BCUT2D eigenvalue weighted by Gasteiger charge is -2.28. The number of likely N-dealkylation sites (tertiary alicyclic amines) is 1. The molecule has 2 heterocycles. The third-order valence-corrected chi connectivity index (χ3v) is 4.91. The number of carbonyl (C=O) groups excluding carboxylic acids is 2. The molecule has 0 radical (unpaired) electrons. The lowest BCUT2D eigenvalue weighted by atomic mass is 10.1. The van der Waals surface area contributed by atoms with Crippen LogP contribution in [0.5, 0.6) is 5.75 Å². The molecule has 1 unspecified atom stereocenters. The summed E-state index contributed by atoms with van der Waals surface area (Å²) < 4.78 is 42.3. The van der Waals surface area contributed by atoms with Gasteiger partial charge in [-0.1, -0.05) is 0 Å². The summed E-state index contributed by atoms with van der Waals surface area (Å²) in [6, 6.07) is 8.42. The molecule has 0 bridgehead atoms. The summed E-state index contributed by atoms with van der Waals surface area (Å²) in [4.78, 5) is 26.7. The summed E-state index contributed by atoms with van der Waals surface area (Å²) in [6.07, 6.45) is -0.694.